The van der Waals surface area contributed by atoms with E-state index in [0.717, 1.165) is 15.6 Å². The molecule has 2 aromatic rings. The van der Waals surface area contributed by atoms with E-state index in [2.05, 4.69) is 4.98 Å². The van der Waals surface area contributed by atoms with Gasteiger partial charge in [0.1, 0.15) is 11.1 Å². The molecule has 0 saturated carbocycles. The van der Waals surface area contributed by atoms with Crippen molar-refractivity contribution in [2.24, 2.45) is 0 Å². The molecule has 5 heteroatoms. The average molecular weight is 270 g/mol. The first kappa shape index (κ1) is 13.2. The Labute approximate surface area is 116 Å². The molecular formula is C14H14N4S. The van der Waals surface area contributed by atoms with Crippen molar-refractivity contribution in [2.75, 3.05) is 24.7 Å². The van der Waals surface area contributed by atoms with Crippen molar-refractivity contribution in [2.45, 2.75) is 9.92 Å². The normalized spacial score (nSPS) is 9.95. The molecule has 2 rings (SSSR count). The number of rotatable bonds is 3. The van der Waals surface area contributed by atoms with Crippen LogP contribution in [0.5, 0.6) is 0 Å². The molecule has 2 N–H and O–H groups in total. The third-order valence-corrected chi connectivity index (χ3v) is 3.53. The summed E-state index contributed by atoms with van der Waals surface area (Å²) in [5, 5.41) is 9.67. The van der Waals surface area contributed by atoms with Crippen molar-refractivity contribution < 1.29 is 0 Å². The summed E-state index contributed by atoms with van der Waals surface area (Å²) in [6.45, 7) is 0. The molecular weight excluding hydrogens is 256 g/mol. The molecule has 0 atom stereocenters. The van der Waals surface area contributed by atoms with Crippen molar-refractivity contribution in [3.05, 3.63) is 42.1 Å². The second kappa shape index (κ2) is 5.63. The molecule has 0 aliphatic carbocycles. The molecule has 0 saturated heterocycles. The molecule has 19 heavy (non-hydrogen) atoms. The van der Waals surface area contributed by atoms with E-state index in [-0.39, 0.29) is 5.69 Å². The molecule has 0 unspecified atom stereocenters. The number of nitriles is 1. The molecule has 96 valence electrons. The first-order valence-corrected chi connectivity index (χ1v) is 6.53. The Morgan fingerprint density at radius 3 is 2.42 bits per heavy atom. The summed E-state index contributed by atoms with van der Waals surface area (Å²) in [5.74, 6) is 0. The second-order valence-corrected chi connectivity index (χ2v) is 5.28. The van der Waals surface area contributed by atoms with Crippen LogP contribution in [0.2, 0.25) is 0 Å². The van der Waals surface area contributed by atoms with Gasteiger partial charge in [0.15, 0.2) is 5.69 Å². The molecule has 0 aliphatic heterocycles. The number of pyridine rings is 1. The average Bonchev–Trinajstić information content (AvgIpc) is 2.41. The number of hydrogen-bond acceptors (Lipinski definition) is 5. The molecule has 0 amide bonds. The van der Waals surface area contributed by atoms with E-state index in [0.29, 0.717) is 5.69 Å². The highest BCUT2D eigenvalue weighted by atomic mass is 32.2. The third-order valence-electron chi connectivity index (χ3n) is 2.58. The van der Waals surface area contributed by atoms with Crippen LogP contribution in [-0.4, -0.2) is 19.1 Å². The monoisotopic (exact) mass is 270 g/mol. The number of nitrogens with two attached hydrogens (primary N) is 1. The van der Waals surface area contributed by atoms with Crippen LogP contribution in [-0.2, 0) is 0 Å². The Morgan fingerprint density at radius 2 is 1.84 bits per heavy atom. The third kappa shape index (κ3) is 3.18. The second-order valence-electron chi connectivity index (χ2n) is 4.19. The number of hydrogen-bond donors (Lipinski definition) is 1. The Balaban J connectivity index is 2.19. The molecule has 0 spiro atoms. The molecule has 1 aromatic heterocycles. The first-order chi connectivity index (χ1) is 9.10. The van der Waals surface area contributed by atoms with Crippen LogP contribution >= 0.6 is 11.8 Å². The minimum Gasteiger partial charge on any atom is -0.396 e. The van der Waals surface area contributed by atoms with Gasteiger partial charge >= 0.3 is 0 Å². The first-order valence-electron chi connectivity index (χ1n) is 5.72. The Morgan fingerprint density at radius 1 is 1.16 bits per heavy atom. The quantitative estimate of drug-likeness (QED) is 0.929. The van der Waals surface area contributed by atoms with Crippen molar-refractivity contribution in [3.8, 4) is 6.07 Å². The molecule has 0 aliphatic rings. The summed E-state index contributed by atoms with van der Waals surface area (Å²) >= 11 is 1.51. The topological polar surface area (TPSA) is 65.9 Å². The van der Waals surface area contributed by atoms with Gasteiger partial charge in [0, 0.05) is 24.7 Å². The van der Waals surface area contributed by atoms with Gasteiger partial charge in [-0.1, -0.05) is 11.8 Å². The van der Waals surface area contributed by atoms with Crippen LogP contribution in [0, 0.1) is 11.3 Å². The highest BCUT2D eigenvalue weighted by Crippen LogP contribution is 2.28. The van der Waals surface area contributed by atoms with Gasteiger partial charge in [-0.15, -0.1) is 0 Å². The maximum absolute atomic E-state index is 8.90. The van der Waals surface area contributed by atoms with Gasteiger partial charge in [-0.2, -0.15) is 5.26 Å². The zero-order valence-electron chi connectivity index (χ0n) is 10.8. The minimum atomic E-state index is 0.273. The van der Waals surface area contributed by atoms with E-state index in [9.17, 15) is 0 Å². The van der Waals surface area contributed by atoms with Crippen LogP contribution in [0.4, 0.5) is 11.4 Å². The lowest BCUT2D eigenvalue weighted by Crippen LogP contribution is -2.07. The van der Waals surface area contributed by atoms with Crippen LogP contribution in [0.1, 0.15) is 5.69 Å². The molecule has 0 fully saturated rings. The van der Waals surface area contributed by atoms with Gasteiger partial charge in [0.05, 0.1) is 5.69 Å². The highest BCUT2D eigenvalue weighted by molar-refractivity contribution is 7.99. The zero-order valence-corrected chi connectivity index (χ0v) is 11.6. The molecule has 0 bridgehead atoms. The zero-order chi connectivity index (χ0) is 13.8. The van der Waals surface area contributed by atoms with Crippen molar-refractivity contribution in [1.82, 2.24) is 4.98 Å². The van der Waals surface area contributed by atoms with E-state index in [1.54, 1.807) is 6.07 Å². The van der Waals surface area contributed by atoms with Gasteiger partial charge in [0.2, 0.25) is 0 Å². The van der Waals surface area contributed by atoms with Crippen molar-refractivity contribution >= 4 is 23.1 Å². The maximum atomic E-state index is 8.90. The predicted molar refractivity (Wildman–Crippen MR) is 78.3 cm³/mol. The molecule has 0 radical (unpaired) electrons. The van der Waals surface area contributed by atoms with Crippen LogP contribution in [0.25, 0.3) is 0 Å². The summed E-state index contributed by atoms with van der Waals surface area (Å²) in [4.78, 5) is 7.33. The lowest BCUT2D eigenvalue weighted by atomic mass is 10.3. The summed E-state index contributed by atoms with van der Waals surface area (Å²) in [6.07, 6.45) is 0. The number of anilines is 2. The number of aromatic nitrogens is 1. The number of benzene rings is 1. The lowest BCUT2D eigenvalue weighted by molar-refractivity contribution is 1.10. The fourth-order valence-corrected chi connectivity index (χ4v) is 2.32. The van der Waals surface area contributed by atoms with E-state index in [1.165, 1.54) is 11.8 Å². The molecule has 1 heterocycles. The largest absolute Gasteiger partial charge is 0.396 e. The van der Waals surface area contributed by atoms with Gasteiger partial charge in [-0.3, -0.25) is 0 Å². The summed E-state index contributed by atoms with van der Waals surface area (Å²) in [7, 11) is 4.01. The van der Waals surface area contributed by atoms with Gasteiger partial charge in [-0.25, -0.2) is 4.98 Å². The van der Waals surface area contributed by atoms with Gasteiger partial charge in [-0.05, 0) is 36.4 Å². The number of nitrogens with zero attached hydrogens (tertiary/aromatic N) is 3. The van der Waals surface area contributed by atoms with E-state index < -0.39 is 0 Å². The standard InChI is InChI=1S/C14H14N4S/c1-18(2)10-3-5-11(6-4-10)19-14-8-7-12(16)13(9-15)17-14/h3-8H,16H2,1-2H3. The summed E-state index contributed by atoms with van der Waals surface area (Å²) in [5.41, 5.74) is 7.48. The van der Waals surface area contributed by atoms with E-state index >= 15 is 0 Å². The predicted octanol–water partition coefficient (Wildman–Crippen LogP) is 2.75. The van der Waals surface area contributed by atoms with Gasteiger partial charge < -0.3 is 10.6 Å². The number of nitrogen functional groups attached to an aromatic ring is 1. The highest BCUT2D eigenvalue weighted by Gasteiger charge is 2.04. The van der Waals surface area contributed by atoms with Crippen LogP contribution < -0.4 is 10.6 Å². The molecule has 1 aromatic carbocycles. The van der Waals surface area contributed by atoms with E-state index in [4.69, 9.17) is 11.0 Å². The van der Waals surface area contributed by atoms with Crippen molar-refractivity contribution in [3.63, 3.8) is 0 Å². The lowest BCUT2D eigenvalue weighted by Gasteiger charge is -2.12. The summed E-state index contributed by atoms with van der Waals surface area (Å²) in [6, 6.07) is 13.7. The van der Waals surface area contributed by atoms with Gasteiger partial charge in [0.25, 0.3) is 0 Å². The van der Waals surface area contributed by atoms with Crippen LogP contribution in [0.3, 0.4) is 0 Å². The van der Waals surface area contributed by atoms with E-state index in [1.807, 2.05) is 55.4 Å². The maximum Gasteiger partial charge on any atom is 0.164 e. The Kier molecular flexibility index (Phi) is 3.93. The SMILES string of the molecule is CN(C)c1ccc(Sc2ccc(N)c(C#N)n2)cc1. The fourth-order valence-electron chi connectivity index (χ4n) is 1.53. The summed E-state index contributed by atoms with van der Waals surface area (Å²) < 4.78 is 0. The Hall–Kier alpha value is -2.19. The minimum absolute atomic E-state index is 0.273. The van der Waals surface area contributed by atoms with Crippen LogP contribution in [0.15, 0.2) is 46.3 Å². The van der Waals surface area contributed by atoms with Crippen molar-refractivity contribution in [1.29, 1.82) is 5.26 Å². The smallest absolute Gasteiger partial charge is 0.164 e. The molecule has 4 nitrogen and oxygen atoms in total. The Bertz CT molecular complexity index is 614. The fraction of sp³-hybridized carbons (Fsp3) is 0.143.